The summed E-state index contributed by atoms with van der Waals surface area (Å²) in [7, 11) is -3.99. The molecule has 0 unspecified atom stereocenters. The molecule has 18 heteroatoms. The fourth-order valence-corrected chi connectivity index (χ4v) is 9.26. The van der Waals surface area contributed by atoms with Gasteiger partial charge in [0.2, 0.25) is 27.7 Å². The molecule has 1 aromatic heterocycles. The molecule has 3 N–H and O–H groups in total. The molecule has 3 aliphatic carbocycles. The lowest BCUT2D eigenvalue weighted by molar-refractivity contribution is -0.143. The van der Waals surface area contributed by atoms with E-state index in [2.05, 4.69) is 31.9 Å². The first-order chi connectivity index (χ1) is 26.7. The Kier molecular flexibility index (Phi) is 10.4. The quantitative estimate of drug-likeness (QED) is 0.360. The Hall–Kier alpha value is -4.71. The van der Waals surface area contributed by atoms with Gasteiger partial charge in [0.15, 0.2) is 5.69 Å². The van der Waals surface area contributed by atoms with Gasteiger partial charge in [0, 0.05) is 12.3 Å². The number of hydrogen-bond acceptors (Lipinski definition) is 11. The summed E-state index contributed by atoms with van der Waals surface area (Å²) in [5, 5.41) is 4.71. The Morgan fingerprint density at radius 3 is 2.39 bits per heavy atom. The summed E-state index contributed by atoms with van der Waals surface area (Å²) in [6, 6.07) is 3.75. The van der Waals surface area contributed by atoms with Crippen LogP contribution in [-0.2, 0) is 39.8 Å². The highest BCUT2D eigenvalue weighted by Gasteiger charge is 2.62. The molecule has 2 aliphatic heterocycles. The van der Waals surface area contributed by atoms with Gasteiger partial charge in [0.1, 0.15) is 29.3 Å². The summed E-state index contributed by atoms with van der Waals surface area (Å²) in [4.78, 5) is 66.2. The predicted molar refractivity (Wildman–Crippen MR) is 201 cm³/mol. The normalized spacial score (nSPS) is 32.3. The first kappa shape index (κ1) is 40.5. The van der Waals surface area contributed by atoms with Crippen LogP contribution in [0, 0.1) is 11.3 Å². The molecule has 308 valence electrons. The van der Waals surface area contributed by atoms with Gasteiger partial charge in [-0.2, -0.15) is 8.78 Å². The van der Waals surface area contributed by atoms with Crippen LogP contribution in [0.4, 0.5) is 13.6 Å². The van der Waals surface area contributed by atoms with Crippen LogP contribution < -0.4 is 20.1 Å². The van der Waals surface area contributed by atoms with Crippen molar-refractivity contribution < 1.29 is 50.6 Å². The van der Waals surface area contributed by atoms with E-state index in [4.69, 9.17) is 14.2 Å². The maximum absolute atomic E-state index is 16.2. The Balaban J connectivity index is 1.28. The Morgan fingerprint density at radius 1 is 1.05 bits per heavy atom. The van der Waals surface area contributed by atoms with Gasteiger partial charge in [-0.3, -0.25) is 19.1 Å². The number of halogens is 2. The molecule has 0 radical (unpaired) electrons. The van der Waals surface area contributed by atoms with Gasteiger partial charge in [-0.25, -0.2) is 23.2 Å². The van der Waals surface area contributed by atoms with Gasteiger partial charge in [-0.1, -0.05) is 45.1 Å². The highest BCUT2D eigenvalue weighted by atomic mass is 32.2. The molecule has 3 saturated carbocycles. The Morgan fingerprint density at radius 2 is 1.74 bits per heavy atom. The number of alkyl halides is 2. The number of fused-ring (bicyclic) bond motifs is 5. The molecule has 57 heavy (non-hydrogen) atoms. The molecular weight excluding hydrogens is 767 g/mol. The molecule has 15 nitrogen and oxygen atoms in total. The maximum atomic E-state index is 16.2. The van der Waals surface area contributed by atoms with Gasteiger partial charge in [0.25, 0.3) is 5.91 Å². The lowest BCUT2D eigenvalue weighted by Crippen LogP contribution is -2.60. The van der Waals surface area contributed by atoms with Gasteiger partial charge in [0.05, 0.1) is 35.5 Å². The number of rotatable bonds is 6. The Labute approximate surface area is 329 Å². The minimum absolute atomic E-state index is 0.0468. The molecule has 1 aromatic carbocycles. The zero-order chi connectivity index (χ0) is 41.1. The molecule has 5 aliphatic rings. The van der Waals surface area contributed by atoms with Crippen LogP contribution in [0.2, 0.25) is 0 Å². The van der Waals surface area contributed by atoms with Crippen molar-refractivity contribution in [1.29, 1.82) is 0 Å². The van der Waals surface area contributed by atoms with Crippen LogP contribution >= 0.6 is 0 Å². The second kappa shape index (κ2) is 14.6. The van der Waals surface area contributed by atoms with E-state index in [0.717, 1.165) is 6.08 Å². The summed E-state index contributed by atoms with van der Waals surface area (Å²) < 4.78 is 78.0. The molecule has 2 bridgehead atoms. The van der Waals surface area contributed by atoms with Crippen LogP contribution in [-0.4, -0.2) is 101 Å². The van der Waals surface area contributed by atoms with Crippen LogP contribution in [0.25, 0.3) is 11.0 Å². The standard InChI is InChI=1S/C39H48F2N6O9S/c1-6-22-19-38(22,34(50)46-57(52,53)23-15-16-23)45-31(48)26-20-37(5)21-47(26)33(49)30(36(2,3)4)44-35(51)55-28-14-9-13-27(28)54-18-10-17-39(40,41)29-32(56-37)43-25-12-8-7-11-24(25)42-29/h6-8,10-12,17,22-23,26-28,30H,1,9,13-16,18-21H2,2-5H3,(H,44,51)(H,45,48)(H,46,50)/b17-10+/t22-,26+,27-,28-,30-,37-,38+/m1/s1. The summed E-state index contributed by atoms with van der Waals surface area (Å²) in [6.07, 6.45) is 3.22. The number of allylic oxidation sites excluding steroid dienone is 1. The van der Waals surface area contributed by atoms with Crippen molar-refractivity contribution in [1.82, 2.24) is 30.2 Å². The molecular formula is C39H48F2N6O9S. The van der Waals surface area contributed by atoms with Crippen molar-refractivity contribution in [2.75, 3.05) is 13.2 Å². The molecule has 3 heterocycles. The van der Waals surface area contributed by atoms with Crippen molar-refractivity contribution in [3.8, 4) is 5.88 Å². The molecule has 1 saturated heterocycles. The number of nitrogens with one attached hydrogen (secondary N) is 3. The van der Waals surface area contributed by atoms with Gasteiger partial charge < -0.3 is 29.7 Å². The number of carbonyl (C=O) groups excluding carboxylic acids is 4. The molecule has 7 rings (SSSR count). The summed E-state index contributed by atoms with van der Waals surface area (Å²) in [6.45, 7) is 9.86. The lowest BCUT2D eigenvalue weighted by Gasteiger charge is -2.36. The predicted octanol–water partition coefficient (Wildman–Crippen LogP) is 3.78. The van der Waals surface area contributed by atoms with E-state index in [-0.39, 0.29) is 37.0 Å². The number of alkyl carbamates (subject to hydrolysis) is 1. The highest BCUT2D eigenvalue weighted by Crippen LogP contribution is 2.46. The average molecular weight is 815 g/mol. The fourth-order valence-electron chi connectivity index (χ4n) is 7.89. The fraction of sp³-hybridized carbons (Fsp3) is 0.590. The third-order valence-electron chi connectivity index (χ3n) is 11.3. The van der Waals surface area contributed by atoms with E-state index in [0.29, 0.717) is 38.2 Å². The van der Waals surface area contributed by atoms with Crippen molar-refractivity contribution >= 4 is 44.9 Å². The number of para-hydroxylation sites is 2. The van der Waals surface area contributed by atoms with E-state index in [9.17, 15) is 27.6 Å². The SMILES string of the molecule is C=C[C@@H]1C[C@@]1(NC(=O)[C@@H]1C[C@]2(C)CN1C(=O)[C@H](C(C)(C)C)NC(=O)O[C@@H]1CCC[C@H]1OC/C=C/C(F)(F)c1nc3ccccc3nc1O2)C(=O)NS(=O)(=O)C1CC1. The molecule has 0 spiro atoms. The Bertz CT molecular complexity index is 2130. The van der Waals surface area contributed by atoms with Crippen LogP contribution in [0.5, 0.6) is 5.88 Å². The van der Waals surface area contributed by atoms with Gasteiger partial charge in [-0.05, 0) is 69.1 Å². The largest absolute Gasteiger partial charge is 0.468 e. The molecule has 2 aromatic rings. The first-order valence-corrected chi connectivity index (χ1v) is 20.7. The molecule has 7 atom stereocenters. The van der Waals surface area contributed by atoms with Crippen LogP contribution in [0.3, 0.4) is 0 Å². The summed E-state index contributed by atoms with van der Waals surface area (Å²) in [5.41, 5.74) is -4.56. The monoisotopic (exact) mass is 814 g/mol. The molecule has 4 fully saturated rings. The summed E-state index contributed by atoms with van der Waals surface area (Å²) in [5.74, 6) is -7.35. The maximum Gasteiger partial charge on any atom is 0.408 e. The third kappa shape index (κ3) is 8.20. The van der Waals surface area contributed by atoms with E-state index >= 15 is 8.78 Å². The smallest absolute Gasteiger partial charge is 0.408 e. The number of nitrogens with zero attached hydrogens (tertiary/aromatic N) is 3. The second-order valence-corrected chi connectivity index (χ2v) is 19.0. The number of hydrogen-bond donors (Lipinski definition) is 3. The summed E-state index contributed by atoms with van der Waals surface area (Å²) >= 11 is 0. The molecule has 4 amide bonds. The zero-order valence-electron chi connectivity index (χ0n) is 32.3. The topological polar surface area (TPSA) is 195 Å². The number of ether oxygens (including phenoxy) is 3. The number of carbonyl (C=O) groups is 4. The minimum atomic E-state index is -3.99. The van der Waals surface area contributed by atoms with Crippen molar-refractivity contribution in [3.05, 3.63) is 54.8 Å². The number of sulfonamides is 1. The van der Waals surface area contributed by atoms with E-state index in [1.807, 2.05) is 0 Å². The zero-order valence-corrected chi connectivity index (χ0v) is 33.1. The second-order valence-electron chi connectivity index (χ2n) is 17.0. The number of aromatic nitrogens is 2. The van der Waals surface area contributed by atoms with E-state index in [1.54, 1.807) is 39.0 Å². The third-order valence-corrected chi connectivity index (χ3v) is 13.1. The minimum Gasteiger partial charge on any atom is -0.468 e. The van der Waals surface area contributed by atoms with E-state index in [1.165, 1.54) is 24.0 Å². The van der Waals surface area contributed by atoms with Crippen LogP contribution in [0.15, 0.2) is 49.1 Å². The van der Waals surface area contributed by atoms with Crippen molar-refractivity contribution in [3.63, 3.8) is 0 Å². The lowest BCUT2D eigenvalue weighted by atomic mass is 9.85. The average Bonchev–Trinajstić information content (AvgIpc) is 4.04. The van der Waals surface area contributed by atoms with Crippen molar-refractivity contribution in [2.45, 2.75) is 119 Å². The van der Waals surface area contributed by atoms with Crippen molar-refractivity contribution in [2.24, 2.45) is 11.3 Å². The number of benzene rings is 1. The van der Waals surface area contributed by atoms with Crippen LogP contribution in [0.1, 0.15) is 78.3 Å². The highest BCUT2D eigenvalue weighted by molar-refractivity contribution is 7.91. The first-order valence-electron chi connectivity index (χ1n) is 19.2. The number of amides is 4. The van der Waals surface area contributed by atoms with E-state index < -0.39 is 103 Å². The van der Waals surface area contributed by atoms with Gasteiger partial charge in [-0.15, -0.1) is 6.58 Å². The van der Waals surface area contributed by atoms with Gasteiger partial charge >= 0.3 is 12.0 Å².